The van der Waals surface area contributed by atoms with Gasteiger partial charge in [-0.3, -0.25) is 4.68 Å². The zero-order valence-electron chi connectivity index (χ0n) is 12.9. The summed E-state index contributed by atoms with van der Waals surface area (Å²) in [5.41, 5.74) is 3.07. The van der Waals surface area contributed by atoms with Crippen molar-refractivity contribution in [2.24, 2.45) is 12.1 Å². The van der Waals surface area contributed by atoms with E-state index in [9.17, 15) is 4.39 Å². The maximum atomic E-state index is 14.0. The molecular formula is C15H15FN6S. The van der Waals surface area contributed by atoms with Gasteiger partial charge in [-0.1, -0.05) is 12.1 Å². The van der Waals surface area contributed by atoms with E-state index in [-0.39, 0.29) is 5.82 Å². The third-order valence-corrected chi connectivity index (χ3v) is 3.90. The molecule has 6 nitrogen and oxygen atoms in total. The van der Waals surface area contributed by atoms with Crippen molar-refractivity contribution in [3.05, 3.63) is 51.8 Å². The molecule has 0 unspecified atom stereocenters. The molecule has 0 bridgehead atoms. The van der Waals surface area contributed by atoms with Crippen molar-refractivity contribution in [2.45, 2.75) is 13.8 Å². The number of hydrogen-bond donors (Lipinski definition) is 1. The van der Waals surface area contributed by atoms with Gasteiger partial charge < -0.3 is 0 Å². The molecule has 0 radical (unpaired) electrons. The van der Waals surface area contributed by atoms with Crippen molar-refractivity contribution in [2.75, 3.05) is 0 Å². The van der Waals surface area contributed by atoms with E-state index >= 15 is 0 Å². The molecule has 2 heterocycles. The van der Waals surface area contributed by atoms with Crippen LogP contribution in [0.3, 0.4) is 0 Å². The van der Waals surface area contributed by atoms with Gasteiger partial charge in [-0.05, 0) is 38.2 Å². The van der Waals surface area contributed by atoms with Crippen LogP contribution in [-0.2, 0) is 7.05 Å². The lowest BCUT2D eigenvalue weighted by molar-refractivity contribution is 0.628. The third-order valence-electron chi connectivity index (χ3n) is 3.63. The van der Waals surface area contributed by atoms with Crippen LogP contribution in [0.1, 0.15) is 17.0 Å². The fourth-order valence-electron chi connectivity index (χ4n) is 2.31. The molecule has 0 saturated heterocycles. The predicted molar refractivity (Wildman–Crippen MR) is 88.5 cm³/mol. The highest BCUT2D eigenvalue weighted by atomic mass is 32.1. The molecule has 1 aromatic carbocycles. The molecular weight excluding hydrogens is 315 g/mol. The molecule has 1 N–H and O–H groups in total. The Labute approximate surface area is 137 Å². The topological polar surface area (TPSA) is 63.8 Å². The Morgan fingerprint density at radius 3 is 2.70 bits per heavy atom. The monoisotopic (exact) mass is 330 g/mol. The number of rotatable bonds is 3. The van der Waals surface area contributed by atoms with Crippen molar-refractivity contribution in [3.63, 3.8) is 0 Å². The second-order valence-electron chi connectivity index (χ2n) is 5.10. The Morgan fingerprint density at radius 2 is 2.04 bits per heavy atom. The summed E-state index contributed by atoms with van der Waals surface area (Å²) in [6.45, 7) is 3.86. The van der Waals surface area contributed by atoms with Gasteiger partial charge in [0.25, 0.3) is 0 Å². The first-order valence-corrected chi connectivity index (χ1v) is 7.36. The van der Waals surface area contributed by atoms with E-state index < -0.39 is 0 Å². The number of aromatic amines is 1. The van der Waals surface area contributed by atoms with Gasteiger partial charge in [0.05, 0.1) is 17.5 Å². The van der Waals surface area contributed by atoms with Crippen molar-refractivity contribution in [3.8, 4) is 11.4 Å². The zero-order chi connectivity index (χ0) is 16.6. The van der Waals surface area contributed by atoms with Crippen molar-refractivity contribution in [1.82, 2.24) is 24.7 Å². The van der Waals surface area contributed by atoms with Crippen LogP contribution in [0, 0.1) is 24.4 Å². The number of halogens is 1. The Bertz CT molecular complexity index is 949. The predicted octanol–water partition coefficient (Wildman–Crippen LogP) is 2.98. The molecule has 3 rings (SSSR count). The standard InChI is InChI=1S/C15H15FN6S/c1-9-12(10(2)21(3)20-9)8-17-22-14(18-19-15(22)23)11-6-4-5-7-13(11)16/h4-8H,1-3H3,(H,19,23). The number of nitrogens with one attached hydrogen (secondary N) is 1. The van der Waals surface area contributed by atoms with Crippen LogP contribution in [0.15, 0.2) is 29.4 Å². The van der Waals surface area contributed by atoms with Gasteiger partial charge in [0.15, 0.2) is 5.82 Å². The van der Waals surface area contributed by atoms with Gasteiger partial charge in [0, 0.05) is 18.3 Å². The average Bonchev–Trinajstić information content (AvgIpc) is 2.99. The Balaban J connectivity index is 2.08. The summed E-state index contributed by atoms with van der Waals surface area (Å²) in [7, 11) is 1.87. The second kappa shape index (κ2) is 5.88. The minimum absolute atomic E-state index is 0.290. The summed E-state index contributed by atoms with van der Waals surface area (Å²) >= 11 is 5.19. The summed E-state index contributed by atoms with van der Waals surface area (Å²) in [5, 5.41) is 15.4. The first-order valence-electron chi connectivity index (χ1n) is 6.96. The van der Waals surface area contributed by atoms with Crippen LogP contribution >= 0.6 is 12.2 Å². The third kappa shape index (κ3) is 2.72. The van der Waals surface area contributed by atoms with Crippen molar-refractivity contribution < 1.29 is 4.39 Å². The van der Waals surface area contributed by atoms with Crippen LogP contribution in [0.25, 0.3) is 11.4 Å². The molecule has 0 saturated carbocycles. The summed E-state index contributed by atoms with van der Waals surface area (Å²) in [6.07, 6.45) is 1.66. The van der Waals surface area contributed by atoms with Gasteiger partial charge in [0.1, 0.15) is 5.82 Å². The molecule has 0 spiro atoms. The van der Waals surface area contributed by atoms with Crippen molar-refractivity contribution >= 4 is 18.4 Å². The number of benzene rings is 1. The minimum atomic E-state index is -0.383. The number of hydrogen-bond acceptors (Lipinski definition) is 4. The quantitative estimate of drug-likeness (QED) is 0.593. The van der Waals surface area contributed by atoms with Gasteiger partial charge in [0.2, 0.25) is 4.77 Å². The summed E-state index contributed by atoms with van der Waals surface area (Å²) in [5.74, 6) is -0.0600. The first kappa shape index (κ1) is 15.3. The molecule has 3 aromatic rings. The molecule has 0 aliphatic carbocycles. The SMILES string of the molecule is Cc1nn(C)c(C)c1C=Nn1c(-c2ccccc2F)n[nH]c1=S. The maximum absolute atomic E-state index is 14.0. The fraction of sp³-hybridized carbons (Fsp3) is 0.200. The molecule has 0 aliphatic heterocycles. The summed E-state index contributed by atoms with van der Waals surface area (Å²) < 4.78 is 17.5. The van der Waals surface area contributed by atoms with E-state index in [1.54, 1.807) is 29.1 Å². The Morgan fingerprint density at radius 1 is 1.30 bits per heavy atom. The number of aryl methyl sites for hydroxylation is 2. The number of nitrogens with zero attached hydrogens (tertiary/aromatic N) is 5. The molecule has 8 heteroatoms. The van der Waals surface area contributed by atoms with Crippen LogP contribution in [0.5, 0.6) is 0 Å². The lowest BCUT2D eigenvalue weighted by Crippen LogP contribution is -1.98. The highest BCUT2D eigenvalue weighted by molar-refractivity contribution is 7.71. The normalized spacial score (nSPS) is 11.5. The van der Waals surface area contributed by atoms with Crippen molar-refractivity contribution in [1.29, 1.82) is 0 Å². The molecule has 23 heavy (non-hydrogen) atoms. The number of H-pyrrole nitrogens is 1. The molecule has 0 amide bonds. The van der Waals surface area contributed by atoms with Gasteiger partial charge in [-0.2, -0.15) is 20.0 Å². The second-order valence-corrected chi connectivity index (χ2v) is 5.48. The minimum Gasteiger partial charge on any atom is -0.272 e. The Kier molecular flexibility index (Phi) is 3.91. The highest BCUT2D eigenvalue weighted by Gasteiger charge is 2.13. The van der Waals surface area contributed by atoms with E-state index in [2.05, 4.69) is 20.4 Å². The van der Waals surface area contributed by atoms with Gasteiger partial charge in [-0.25, -0.2) is 9.49 Å². The average molecular weight is 330 g/mol. The van der Waals surface area contributed by atoms with E-state index in [4.69, 9.17) is 12.2 Å². The molecule has 0 fully saturated rings. The van der Waals surface area contributed by atoms with E-state index in [1.807, 2.05) is 20.9 Å². The van der Waals surface area contributed by atoms with Gasteiger partial charge >= 0.3 is 0 Å². The lowest BCUT2D eigenvalue weighted by Gasteiger charge is -2.02. The first-order chi connectivity index (χ1) is 11.0. The van der Waals surface area contributed by atoms with E-state index in [1.165, 1.54) is 10.7 Å². The maximum Gasteiger partial charge on any atom is 0.216 e. The summed E-state index contributed by atoms with van der Waals surface area (Å²) in [4.78, 5) is 0. The Hall–Kier alpha value is -2.61. The summed E-state index contributed by atoms with van der Waals surface area (Å²) in [6, 6.07) is 6.36. The van der Waals surface area contributed by atoms with Crippen LogP contribution in [0.2, 0.25) is 0 Å². The highest BCUT2D eigenvalue weighted by Crippen LogP contribution is 2.20. The fourth-order valence-corrected chi connectivity index (χ4v) is 2.49. The van der Waals surface area contributed by atoms with E-state index in [0.29, 0.717) is 16.2 Å². The largest absolute Gasteiger partial charge is 0.272 e. The van der Waals surface area contributed by atoms with E-state index in [0.717, 1.165) is 17.0 Å². The smallest absolute Gasteiger partial charge is 0.216 e. The van der Waals surface area contributed by atoms with Crippen LogP contribution in [-0.4, -0.2) is 30.9 Å². The molecule has 0 atom stereocenters. The lowest BCUT2D eigenvalue weighted by atomic mass is 10.2. The van der Waals surface area contributed by atoms with Gasteiger partial charge in [-0.15, -0.1) is 0 Å². The molecule has 0 aliphatic rings. The van der Waals surface area contributed by atoms with Crippen LogP contribution < -0.4 is 0 Å². The molecule has 2 aromatic heterocycles. The van der Waals surface area contributed by atoms with Crippen LogP contribution in [0.4, 0.5) is 4.39 Å². The number of aromatic nitrogens is 5. The zero-order valence-corrected chi connectivity index (χ0v) is 13.7. The molecule has 118 valence electrons.